The Kier molecular flexibility index (Phi) is 8.04. The highest BCUT2D eigenvalue weighted by atomic mass is 16.3. The average Bonchev–Trinajstić information content (AvgIpc) is 3.31. The summed E-state index contributed by atoms with van der Waals surface area (Å²) in [5, 5.41) is 38.9. The summed E-state index contributed by atoms with van der Waals surface area (Å²) in [6.07, 6.45) is 2.78. The first-order valence-corrected chi connectivity index (χ1v) is 13.8. The summed E-state index contributed by atoms with van der Waals surface area (Å²) in [4.78, 5) is 18.6. The van der Waals surface area contributed by atoms with Crippen LogP contribution in [0.3, 0.4) is 0 Å². The van der Waals surface area contributed by atoms with Crippen molar-refractivity contribution in [3.05, 3.63) is 47.5 Å². The second-order valence-corrected chi connectivity index (χ2v) is 10.7. The molecule has 10 heteroatoms. The number of benzene rings is 2. The van der Waals surface area contributed by atoms with Crippen LogP contribution in [0.25, 0.3) is 17.1 Å². The van der Waals surface area contributed by atoms with Crippen molar-refractivity contribution in [2.24, 2.45) is 5.92 Å². The second kappa shape index (κ2) is 11.6. The van der Waals surface area contributed by atoms with E-state index in [-0.39, 0.29) is 23.4 Å². The van der Waals surface area contributed by atoms with E-state index in [1.165, 1.54) is 16.2 Å². The number of hydrogen-bond acceptors (Lipinski definition) is 8. The van der Waals surface area contributed by atoms with Crippen molar-refractivity contribution >= 4 is 5.91 Å². The predicted octanol–water partition coefficient (Wildman–Crippen LogP) is 2.99. The van der Waals surface area contributed by atoms with Crippen molar-refractivity contribution in [3.63, 3.8) is 0 Å². The van der Waals surface area contributed by atoms with Crippen LogP contribution in [0.2, 0.25) is 0 Å². The van der Waals surface area contributed by atoms with Gasteiger partial charge in [-0.15, -0.1) is 5.10 Å². The average molecular weight is 535 g/mol. The maximum Gasteiger partial charge on any atom is 0.319 e. The van der Waals surface area contributed by atoms with Crippen molar-refractivity contribution in [1.29, 1.82) is 0 Å². The van der Waals surface area contributed by atoms with E-state index < -0.39 is 0 Å². The molecule has 3 heterocycles. The number of piperidine rings is 1. The third-order valence-electron chi connectivity index (χ3n) is 8.11. The van der Waals surface area contributed by atoms with Crippen molar-refractivity contribution < 1.29 is 20.1 Å². The summed E-state index contributed by atoms with van der Waals surface area (Å²) in [5.74, 6) is 1.06. The Labute approximate surface area is 229 Å². The molecule has 0 unspecified atom stereocenters. The summed E-state index contributed by atoms with van der Waals surface area (Å²) < 4.78 is 1.50. The summed E-state index contributed by atoms with van der Waals surface area (Å²) in [7, 11) is 0. The third kappa shape index (κ3) is 6.02. The van der Waals surface area contributed by atoms with Crippen molar-refractivity contribution in [2.75, 3.05) is 45.8 Å². The number of nitrogens with zero attached hydrogens (tertiary/aromatic N) is 6. The van der Waals surface area contributed by atoms with Gasteiger partial charge >= 0.3 is 6.01 Å². The molecular formula is C29H38N6O4. The van der Waals surface area contributed by atoms with Gasteiger partial charge in [0.05, 0.1) is 11.3 Å². The van der Waals surface area contributed by atoms with E-state index >= 15 is 0 Å². The number of rotatable bonds is 7. The van der Waals surface area contributed by atoms with Gasteiger partial charge in [-0.3, -0.25) is 9.69 Å². The summed E-state index contributed by atoms with van der Waals surface area (Å²) in [6.45, 7) is 11.5. The lowest BCUT2D eigenvalue weighted by Gasteiger charge is -2.38. The molecule has 39 heavy (non-hydrogen) atoms. The van der Waals surface area contributed by atoms with Crippen molar-refractivity contribution in [1.82, 2.24) is 29.5 Å². The topological polar surface area (TPSA) is 118 Å². The number of hydrogen-bond donors (Lipinski definition) is 3. The van der Waals surface area contributed by atoms with Crippen molar-refractivity contribution in [2.45, 2.75) is 39.7 Å². The first-order chi connectivity index (χ1) is 18.8. The molecule has 2 fully saturated rings. The monoisotopic (exact) mass is 534 g/mol. The maximum atomic E-state index is 11.6. The Bertz CT molecular complexity index is 1290. The zero-order valence-electron chi connectivity index (χ0n) is 22.8. The Morgan fingerprint density at radius 3 is 2.21 bits per heavy atom. The third-order valence-corrected chi connectivity index (χ3v) is 8.11. The lowest BCUT2D eigenvalue weighted by molar-refractivity contribution is -0.130. The first-order valence-electron chi connectivity index (χ1n) is 13.8. The fraction of sp³-hybridized carbons (Fsp3) is 0.483. The number of piperazine rings is 1. The Morgan fingerprint density at radius 2 is 1.56 bits per heavy atom. The molecule has 0 bridgehead atoms. The molecule has 2 aliphatic rings. The highest BCUT2D eigenvalue weighted by molar-refractivity contribution is 5.73. The Hall–Kier alpha value is -3.63. The van der Waals surface area contributed by atoms with Gasteiger partial charge in [-0.25, -0.2) is 4.57 Å². The highest BCUT2D eigenvalue weighted by Gasteiger charge is 2.25. The molecule has 2 saturated heterocycles. The molecule has 0 saturated carbocycles. The van der Waals surface area contributed by atoms with E-state index in [2.05, 4.69) is 20.0 Å². The fourth-order valence-electron chi connectivity index (χ4n) is 5.71. The van der Waals surface area contributed by atoms with Crippen LogP contribution in [-0.2, 0) is 17.8 Å². The minimum Gasteiger partial charge on any atom is -0.508 e. The maximum absolute atomic E-state index is 11.6. The van der Waals surface area contributed by atoms with E-state index in [0.29, 0.717) is 35.0 Å². The van der Waals surface area contributed by atoms with E-state index in [1.54, 1.807) is 13.0 Å². The first kappa shape index (κ1) is 27.0. The number of phenolic OH excluding ortho intramolecular Hbond substituents is 2. The van der Waals surface area contributed by atoms with Gasteiger partial charge in [0.1, 0.15) is 11.5 Å². The number of carbonyl (C=O) groups is 1. The molecule has 1 amide bonds. The van der Waals surface area contributed by atoms with E-state index in [4.69, 9.17) is 0 Å². The zero-order chi connectivity index (χ0) is 27.5. The van der Waals surface area contributed by atoms with Gasteiger partial charge in [-0.2, -0.15) is 0 Å². The van der Waals surface area contributed by atoms with Crippen LogP contribution in [0.4, 0.5) is 0 Å². The summed E-state index contributed by atoms with van der Waals surface area (Å²) in [5.41, 5.74) is 2.93. The van der Waals surface area contributed by atoms with Gasteiger partial charge in [-0.05, 0) is 54.5 Å². The van der Waals surface area contributed by atoms with Crippen molar-refractivity contribution in [3.8, 4) is 34.6 Å². The highest BCUT2D eigenvalue weighted by Crippen LogP contribution is 2.36. The minimum atomic E-state index is -0.272. The molecule has 0 aliphatic carbocycles. The molecule has 0 spiro atoms. The number of amides is 1. The number of aryl methyl sites for hydroxylation is 1. The molecule has 5 rings (SSSR count). The molecule has 10 nitrogen and oxygen atoms in total. The standard InChI is InChI=1S/C29H38N6O4/c1-3-23-16-25(27(38)17-26(23)37)28-30-31-29(39)35(28)24-6-4-21(5-7-24)18-32-12-14-33(15-13-32)19-22-8-10-34(11-9-22)20(2)36/h4-7,16-17,22,37-38H,3,8-15,18-19H2,1-2H3,(H,31,39). The normalized spacial score (nSPS) is 17.5. The van der Waals surface area contributed by atoms with Gasteiger partial charge in [0, 0.05) is 65.3 Å². The number of aromatic hydroxyl groups is 3. The molecule has 0 atom stereocenters. The van der Waals surface area contributed by atoms with Gasteiger partial charge < -0.3 is 25.1 Å². The van der Waals surface area contributed by atoms with Gasteiger partial charge in [0.2, 0.25) is 5.91 Å². The van der Waals surface area contributed by atoms with Crippen LogP contribution >= 0.6 is 0 Å². The van der Waals surface area contributed by atoms with Crippen LogP contribution in [0.15, 0.2) is 36.4 Å². The van der Waals surface area contributed by atoms with E-state index in [0.717, 1.165) is 65.2 Å². The van der Waals surface area contributed by atoms with Crippen LogP contribution in [0, 0.1) is 5.92 Å². The zero-order valence-corrected chi connectivity index (χ0v) is 22.8. The Balaban J connectivity index is 1.19. The van der Waals surface area contributed by atoms with E-state index in [1.807, 2.05) is 36.1 Å². The Morgan fingerprint density at radius 1 is 0.897 bits per heavy atom. The minimum absolute atomic E-state index is 0.0224. The SMILES string of the molecule is CCc1cc(-c2nnc(O)n2-c2ccc(CN3CCN(CC4CCN(C(C)=O)CC4)CC3)cc2)c(O)cc1O. The molecular weight excluding hydrogens is 496 g/mol. The molecule has 1 aromatic heterocycles. The van der Waals surface area contributed by atoms with Gasteiger partial charge in [0.15, 0.2) is 5.82 Å². The molecule has 3 N–H and O–H groups in total. The van der Waals surface area contributed by atoms with Crippen LogP contribution in [0.1, 0.15) is 37.8 Å². The molecule has 208 valence electrons. The number of phenols is 2. The summed E-state index contributed by atoms with van der Waals surface area (Å²) >= 11 is 0. The number of carbonyl (C=O) groups excluding carboxylic acids is 1. The van der Waals surface area contributed by atoms with E-state index in [9.17, 15) is 20.1 Å². The molecule has 0 radical (unpaired) electrons. The smallest absolute Gasteiger partial charge is 0.319 e. The van der Waals surface area contributed by atoms with Crippen LogP contribution in [-0.4, -0.2) is 96.5 Å². The molecule has 3 aromatic rings. The lowest BCUT2D eigenvalue weighted by atomic mass is 9.96. The van der Waals surface area contributed by atoms with Crippen LogP contribution in [0.5, 0.6) is 17.5 Å². The number of aromatic nitrogens is 3. The molecule has 2 aliphatic heterocycles. The predicted molar refractivity (Wildman–Crippen MR) is 148 cm³/mol. The molecule has 2 aromatic carbocycles. The summed E-state index contributed by atoms with van der Waals surface area (Å²) in [6, 6.07) is 10.6. The lowest BCUT2D eigenvalue weighted by Crippen LogP contribution is -2.48. The quantitative estimate of drug-likeness (QED) is 0.424. The van der Waals surface area contributed by atoms with Crippen LogP contribution < -0.4 is 0 Å². The second-order valence-electron chi connectivity index (χ2n) is 10.7. The van der Waals surface area contributed by atoms with Gasteiger partial charge in [-0.1, -0.05) is 24.2 Å². The largest absolute Gasteiger partial charge is 0.508 e. The number of likely N-dealkylation sites (tertiary alicyclic amines) is 1. The fourth-order valence-corrected chi connectivity index (χ4v) is 5.71. The van der Waals surface area contributed by atoms with Gasteiger partial charge in [0.25, 0.3) is 0 Å².